The number of carbonyl (C=O) groups excluding carboxylic acids is 1. The lowest BCUT2D eigenvalue weighted by Crippen LogP contribution is -2.13. The maximum absolute atomic E-state index is 11.2. The van der Waals surface area contributed by atoms with Crippen molar-refractivity contribution in [2.24, 2.45) is 0 Å². The van der Waals surface area contributed by atoms with Crippen LogP contribution in [0.3, 0.4) is 0 Å². The summed E-state index contributed by atoms with van der Waals surface area (Å²) in [5.74, 6) is -1.05. The quantitative estimate of drug-likeness (QED) is 0.583. The lowest BCUT2D eigenvalue weighted by atomic mass is 10.4. The van der Waals surface area contributed by atoms with Gasteiger partial charge in [0.15, 0.2) is 0 Å². The lowest BCUT2D eigenvalue weighted by molar-refractivity contribution is -0.143. The first-order chi connectivity index (χ1) is 7.63. The number of carboxylic acid groups (broad SMARTS) is 1. The van der Waals surface area contributed by atoms with E-state index in [4.69, 9.17) is 9.84 Å². The standard InChI is InChI=1S/C10H12N2O4/c1-2-16-10(15)7-12-6-5-11-8(12)3-4-9(13)14/h3-6H,2,7H2,1H3,(H,13,14). The van der Waals surface area contributed by atoms with E-state index in [1.807, 2.05) is 0 Å². The number of hydrogen-bond donors (Lipinski definition) is 1. The summed E-state index contributed by atoms with van der Waals surface area (Å²) in [6, 6.07) is 0. The molecule has 1 aromatic rings. The Bertz CT molecular complexity index is 409. The Morgan fingerprint density at radius 2 is 2.38 bits per heavy atom. The van der Waals surface area contributed by atoms with Crippen molar-refractivity contribution in [2.75, 3.05) is 6.61 Å². The zero-order valence-electron chi connectivity index (χ0n) is 8.79. The van der Waals surface area contributed by atoms with Crippen LogP contribution in [0.5, 0.6) is 0 Å². The van der Waals surface area contributed by atoms with E-state index in [9.17, 15) is 9.59 Å². The minimum absolute atomic E-state index is 0.0210. The van der Waals surface area contributed by atoms with E-state index in [-0.39, 0.29) is 12.5 Å². The summed E-state index contributed by atoms with van der Waals surface area (Å²) in [5, 5.41) is 8.45. The summed E-state index contributed by atoms with van der Waals surface area (Å²) < 4.78 is 6.28. The molecule has 1 aromatic heterocycles. The second kappa shape index (κ2) is 5.69. The van der Waals surface area contributed by atoms with Gasteiger partial charge in [0.2, 0.25) is 0 Å². The molecule has 1 N–H and O–H groups in total. The van der Waals surface area contributed by atoms with Crippen molar-refractivity contribution in [3.63, 3.8) is 0 Å². The van der Waals surface area contributed by atoms with E-state index in [2.05, 4.69) is 4.98 Å². The lowest BCUT2D eigenvalue weighted by Gasteiger charge is -2.04. The Morgan fingerprint density at radius 1 is 1.62 bits per heavy atom. The van der Waals surface area contributed by atoms with Gasteiger partial charge in [0.25, 0.3) is 0 Å². The van der Waals surface area contributed by atoms with Gasteiger partial charge in [-0.3, -0.25) is 4.79 Å². The molecule has 0 spiro atoms. The van der Waals surface area contributed by atoms with Crippen LogP contribution < -0.4 is 0 Å². The largest absolute Gasteiger partial charge is 0.478 e. The second-order valence-corrected chi connectivity index (χ2v) is 2.89. The number of carboxylic acids is 1. The highest BCUT2D eigenvalue weighted by atomic mass is 16.5. The summed E-state index contributed by atoms with van der Waals surface area (Å²) in [6.07, 6.45) is 5.35. The number of imidazole rings is 1. The summed E-state index contributed by atoms with van der Waals surface area (Å²) >= 11 is 0. The Hall–Kier alpha value is -2.11. The molecule has 0 aromatic carbocycles. The van der Waals surface area contributed by atoms with E-state index in [0.29, 0.717) is 12.4 Å². The number of hydrogen-bond acceptors (Lipinski definition) is 4. The number of aromatic nitrogens is 2. The van der Waals surface area contributed by atoms with Crippen molar-refractivity contribution in [3.8, 4) is 0 Å². The molecule has 0 bridgehead atoms. The molecule has 0 aliphatic heterocycles. The van der Waals surface area contributed by atoms with Crippen LogP contribution in [-0.2, 0) is 20.9 Å². The minimum atomic E-state index is -1.06. The highest BCUT2D eigenvalue weighted by molar-refractivity contribution is 5.84. The van der Waals surface area contributed by atoms with Crippen molar-refractivity contribution in [3.05, 3.63) is 24.3 Å². The van der Waals surface area contributed by atoms with Crippen LogP contribution in [0.2, 0.25) is 0 Å². The summed E-state index contributed by atoms with van der Waals surface area (Å²) in [4.78, 5) is 25.4. The summed E-state index contributed by atoms with van der Waals surface area (Å²) in [7, 11) is 0. The molecule has 0 amide bonds. The zero-order chi connectivity index (χ0) is 12.0. The number of ether oxygens (including phenoxy) is 1. The molecular weight excluding hydrogens is 212 g/mol. The molecule has 0 aliphatic carbocycles. The molecule has 1 rings (SSSR count). The third-order valence-corrected chi connectivity index (χ3v) is 1.73. The topological polar surface area (TPSA) is 81.4 Å². The average Bonchev–Trinajstić information content (AvgIpc) is 2.62. The second-order valence-electron chi connectivity index (χ2n) is 2.89. The van der Waals surface area contributed by atoms with Crippen LogP contribution in [-0.4, -0.2) is 33.2 Å². The molecule has 6 nitrogen and oxygen atoms in total. The van der Waals surface area contributed by atoms with Gasteiger partial charge in [-0.2, -0.15) is 0 Å². The van der Waals surface area contributed by atoms with Crippen molar-refractivity contribution in [2.45, 2.75) is 13.5 Å². The molecule has 16 heavy (non-hydrogen) atoms. The number of rotatable bonds is 5. The minimum Gasteiger partial charge on any atom is -0.478 e. The molecule has 0 saturated heterocycles. The van der Waals surface area contributed by atoms with E-state index < -0.39 is 5.97 Å². The molecular formula is C10H12N2O4. The predicted molar refractivity (Wildman–Crippen MR) is 55.5 cm³/mol. The van der Waals surface area contributed by atoms with Gasteiger partial charge in [0.1, 0.15) is 12.4 Å². The number of aliphatic carboxylic acids is 1. The Kier molecular flexibility index (Phi) is 4.26. The molecule has 0 fully saturated rings. The van der Waals surface area contributed by atoms with Gasteiger partial charge in [-0.1, -0.05) is 0 Å². The number of nitrogens with zero attached hydrogens (tertiary/aromatic N) is 2. The summed E-state index contributed by atoms with van der Waals surface area (Å²) in [5.41, 5.74) is 0. The van der Waals surface area contributed by atoms with E-state index in [1.165, 1.54) is 16.8 Å². The van der Waals surface area contributed by atoms with Gasteiger partial charge >= 0.3 is 11.9 Å². The normalized spacial score (nSPS) is 10.6. The first-order valence-corrected chi connectivity index (χ1v) is 4.71. The first kappa shape index (κ1) is 12.0. The van der Waals surface area contributed by atoms with Crippen LogP contribution in [0.25, 0.3) is 6.08 Å². The SMILES string of the molecule is CCOC(=O)Cn1ccnc1C=CC(=O)O. The highest BCUT2D eigenvalue weighted by Crippen LogP contribution is 2.01. The van der Waals surface area contributed by atoms with Crippen LogP contribution in [0.1, 0.15) is 12.7 Å². The zero-order valence-corrected chi connectivity index (χ0v) is 8.79. The fourth-order valence-electron chi connectivity index (χ4n) is 1.10. The third kappa shape index (κ3) is 3.56. The monoisotopic (exact) mass is 224 g/mol. The van der Waals surface area contributed by atoms with Gasteiger partial charge in [0, 0.05) is 18.5 Å². The van der Waals surface area contributed by atoms with Gasteiger partial charge < -0.3 is 14.4 Å². The maximum Gasteiger partial charge on any atom is 0.328 e. The van der Waals surface area contributed by atoms with Crippen LogP contribution in [0.4, 0.5) is 0 Å². The molecule has 1 heterocycles. The fraction of sp³-hybridized carbons (Fsp3) is 0.300. The van der Waals surface area contributed by atoms with Gasteiger partial charge in [0.05, 0.1) is 6.61 Å². The van der Waals surface area contributed by atoms with E-state index in [0.717, 1.165) is 6.08 Å². The summed E-state index contributed by atoms with van der Waals surface area (Å²) in [6.45, 7) is 2.05. The maximum atomic E-state index is 11.2. The highest BCUT2D eigenvalue weighted by Gasteiger charge is 2.06. The predicted octanol–water partition coefficient (Wildman–Crippen LogP) is 0.544. The van der Waals surface area contributed by atoms with Crippen LogP contribution in [0, 0.1) is 0 Å². The van der Waals surface area contributed by atoms with E-state index in [1.54, 1.807) is 13.1 Å². The van der Waals surface area contributed by atoms with Gasteiger partial charge in [-0.05, 0) is 13.0 Å². The third-order valence-electron chi connectivity index (χ3n) is 1.73. The van der Waals surface area contributed by atoms with Crippen molar-refractivity contribution < 1.29 is 19.4 Å². The molecule has 0 unspecified atom stereocenters. The molecule has 6 heteroatoms. The molecule has 86 valence electrons. The van der Waals surface area contributed by atoms with Crippen LogP contribution in [0.15, 0.2) is 18.5 Å². The molecule has 0 saturated carbocycles. The average molecular weight is 224 g/mol. The number of carbonyl (C=O) groups is 2. The van der Waals surface area contributed by atoms with Crippen molar-refractivity contribution in [1.82, 2.24) is 9.55 Å². The Morgan fingerprint density at radius 3 is 3.00 bits per heavy atom. The van der Waals surface area contributed by atoms with Crippen LogP contribution >= 0.6 is 0 Å². The Balaban J connectivity index is 2.70. The first-order valence-electron chi connectivity index (χ1n) is 4.71. The van der Waals surface area contributed by atoms with Crippen molar-refractivity contribution in [1.29, 1.82) is 0 Å². The molecule has 0 radical (unpaired) electrons. The van der Waals surface area contributed by atoms with Gasteiger partial charge in [-0.15, -0.1) is 0 Å². The number of esters is 1. The van der Waals surface area contributed by atoms with E-state index >= 15 is 0 Å². The Labute approximate surface area is 92.2 Å². The van der Waals surface area contributed by atoms with Gasteiger partial charge in [-0.25, -0.2) is 9.78 Å². The molecule has 0 atom stereocenters. The molecule has 0 aliphatic rings. The smallest absolute Gasteiger partial charge is 0.328 e. The fourth-order valence-corrected chi connectivity index (χ4v) is 1.10. The van der Waals surface area contributed by atoms with Crippen molar-refractivity contribution >= 4 is 18.0 Å².